The molecule has 4 rings (SSSR count). The van der Waals surface area contributed by atoms with E-state index in [0.29, 0.717) is 12.3 Å². The standard InChI is InChI=1S/C24H27ClN3OS/c25-22-10-8-21(9-11-22)24(20-6-2-1-3-7-20)28(16-12-26-13-17-28)15-5-4-14-27-19-30-18-23(27)29/h1-3,6-11,24,26H,12-19H2/q+1. The molecule has 1 amide bonds. The molecule has 0 bridgehead atoms. The van der Waals surface area contributed by atoms with Gasteiger partial charge in [-0.05, 0) is 18.1 Å². The largest absolute Gasteiger partial charge is 0.322 e. The van der Waals surface area contributed by atoms with Crippen LogP contribution in [0.15, 0.2) is 54.6 Å². The number of quaternary nitrogens is 1. The number of amides is 1. The Bertz CT molecular complexity index is 917. The molecule has 0 spiro atoms. The number of hydrogen-bond acceptors (Lipinski definition) is 3. The minimum atomic E-state index is 0.198. The van der Waals surface area contributed by atoms with Crippen molar-refractivity contribution in [3.63, 3.8) is 0 Å². The van der Waals surface area contributed by atoms with Gasteiger partial charge in [-0.25, -0.2) is 0 Å². The van der Waals surface area contributed by atoms with E-state index in [1.54, 1.807) is 11.8 Å². The Kier molecular flexibility index (Phi) is 7.01. The summed E-state index contributed by atoms with van der Waals surface area (Å²) in [5.74, 6) is 8.26. The molecule has 2 aliphatic rings. The molecule has 1 unspecified atom stereocenters. The highest BCUT2D eigenvalue weighted by atomic mass is 35.5. The van der Waals surface area contributed by atoms with Crippen molar-refractivity contribution in [2.24, 2.45) is 0 Å². The first-order valence-corrected chi connectivity index (χ1v) is 11.9. The molecular weight excluding hydrogens is 414 g/mol. The van der Waals surface area contributed by atoms with Crippen LogP contribution in [0.2, 0.25) is 5.02 Å². The van der Waals surface area contributed by atoms with E-state index in [1.807, 2.05) is 17.0 Å². The average Bonchev–Trinajstić information content (AvgIpc) is 3.19. The third-order valence-electron chi connectivity index (χ3n) is 5.93. The number of carbonyl (C=O) groups is 1. The SMILES string of the molecule is O=C1CSCN1CC#CC[N+]1(C(c2ccccc2)c2ccc(Cl)cc2)CCNCC1. The molecule has 30 heavy (non-hydrogen) atoms. The van der Waals surface area contributed by atoms with Gasteiger partial charge in [0.25, 0.3) is 0 Å². The maximum atomic E-state index is 11.9. The number of nitrogens with one attached hydrogen (secondary N) is 1. The molecule has 2 heterocycles. The third-order valence-corrected chi connectivity index (χ3v) is 7.13. The summed E-state index contributed by atoms with van der Waals surface area (Å²) in [5, 5.41) is 4.26. The molecule has 4 nitrogen and oxygen atoms in total. The Labute approximate surface area is 188 Å². The second kappa shape index (κ2) is 9.89. The van der Waals surface area contributed by atoms with Crippen molar-refractivity contribution in [2.75, 3.05) is 50.9 Å². The highest BCUT2D eigenvalue weighted by molar-refractivity contribution is 8.00. The number of nitrogens with zero attached hydrogens (tertiary/aromatic N) is 2. The summed E-state index contributed by atoms with van der Waals surface area (Å²) in [6.07, 6.45) is 0. The second-order valence-corrected chi connectivity index (χ2v) is 9.25. The minimum Gasteiger partial charge on any atom is -0.322 e. The second-order valence-electron chi connectivity index (χ2n) is 7.86. The monoisotopic (exact) mass is 440 g/mol. The Morgan fingerprint density at radius 1 is 1.03 bits per heavy atom. The molecule has 2 saturated heterocycles. The van der Waals surface area contributed by atoms with Crippen LogP contribution in [0.3, 0.4) is 0 Å². The number of halogens is 1. The van der Waals surface area contributed by atoms with Crippen molar-refractivity contribution in [3.05, 3.63) is 70.7 Å². The van der Waals surface area contributed by atoms with Crippen molar-refractivity contribution >= 4 is 29.3 Å². The van der Waals surface area contributed by atoms with Crippen LogP contribution in [0.25, 0.3) is 0 Å². The average molecular weight is 441 g/mol. The normalized spacial score (nSPS) is 19.2. The fraction of sp³-hybridized carbons (Fsp3) is 0.375. The molecule has 6 heteroatoms. The summed E-state index contributed by atoms with van der Waals surface area (Å²) in [4.78, 5) is 13.7. The van der Waals surface area contributed by atoms with Crippen LogP contribution >= 0.6 is 23.4 Å². The van der Waals surface area contributed by atoms with E-state index in [0.717, 1.165) is 48.1 Å². The van der Waals surface area contributed by atoms with Gasteiger partial charge in [-0.3, -0.25) is 4.79 Å². The van der Waals surface area contributed by atoms with Crippen LogP contribution < -0.4 is 5.32 Å². The van der Waals surface area contributed by atoms with Crippen LogP contribution in [0.1, 0.15) is 17.2 Å². The number of carbonyl (C=O) groups excluding carboxylic acids is 1. The topological polar surface area (TPSA) is 32.3 Å². The fourth-order valence-corrected chi connectivity index (χ4v) is 5.39. The van der Waals surface area contributed by atoms with Crippen molar-refractivity contribution in [2.45, 2.75) is 6.04 Å². The molecule has 2 aromatic carbocycles. The Morgan fingerprint density at radius 3 is 2.40 bits per heavy atom. The van der Waals surface area contributed by atoms with E-state index in [2.05, 4.69) is 59.6 Å². The van der Waals surface area contributed by atoms with Gasteiger partial charge in [0.2, 0.25) is 5.91 Å². The first kappa shape index (κ1) is 21.3. The van der Waals surface area contributed by atoms with Gasteiger partial charge in [-0.1, -0.05) is 60.0 Å². The van der Waals surface area contributed by atoms with Gasteiger partial charge in [0.15, 0.2) is 0 Å². The molecular formula is C24H27ClN3OS+. The molecule has 2 aromatic rings. The quantitative estimate of drug-likeness (QED) is 0.571. The summed E-state index contributed by atoms with van der Waals surface area (Å²) in [6.45, 7) is 5.25. The molecule has 1 atom stereocenters. The van der Waals surface area contributed by atoms with Crippen molar-refractivity contribution < 1.29 is 9.28 Å². The first-order chi connectivity index (χ1) is 14.7. The highest BCUT2D eigenvalue weighted by Crippen LogP contribution is 2.36. The summed E-state index contributed by atoms with van der Waals surface area (Å²) >= 11 is 7.85. The third kappa shape index (κ3) is 4.84. The summed E-state index contributed by atoms with van der Waals surface area (Å²) < 4.78 is 0.883. The van der Waals surface area contributed by atoms with Crippen LogP contribution in [-0.2, 0) is 4.79 Å². The Hall–Kier alpha value is -1.97. The smallest absolute Gasteiger partial charge is 0.234 e. The van der Waals surface area contributed by atoms with E-state index < -0.39 is 0 Å². The maximum absolute atomic E-state index is 11.9. The van der Waals surface area contributed by atoms with Gasteiger partial charge < -0.3 is 14.7 Å². The first-order valence-electron chi connectivity index (χ1n) is 10.4. The van der Waals surface area contributed by atoms with Gasteiger partial charge in [0.05, 0.1) is 31.3 Å². The van der Waals surface area contributed by atoms with E-state index in [9.17, 15) is 4.79 Å². The summed E-state index contributed by atoms with van der Waals surface area (Å²) in [5.41, 5.74) is 2.56. The van der Waals surface area contributed by atoms with Crippen molar-refractivity contribution in [3.8, 4) is 11.8 Å². The van der Waals surface area contributed by atoms with Gasteiger partial charge in [-0.15, -0.1) is 11.8 Å². The summed E-state index contributed by atoms with van der Waals surface area (Å²) in [6, 6.07) is 19.2. The highest BCUT2D eigenvalue weighted by Gasteiger charge is 2.39. The van der Waals surface area contributed by atoms with Gasteiger partial charge in [0, 0.05) is 29.2 Å². The number of piperazine rings is 1. The van der Waals surface area contributed by atoms with Crippen LogP contribution in [0, 0.1) is 11.8 Å². The van der Waals surface area contributed by atoms with E-state index in [1.165, 1.54) is 11.1 Å². The van der Waals surface area contributed by atoms with E-state index >= 15 is 0 Å². The summed E-state index contributed by atoms with van der Waals surface area (Å²) in [7, 11) is 0. The Balaban J connectivity index is 1.64. The van der Waals surface area contributed by atoms with Crippen molar-refractivity contribution in [1.82, 2.24) is 10.2 Å². The lowest BCUT2D eigenvalue weighted by molar-refractivity contribution is -0.946. The lowest BCUT2D eigenvalue weighted by Gasteiger charge is -2.46. The van der Waals surface area contributed by atoms with Gasteiger partial charge >= 0.3 is 0 Å². The van der Waals surface area contributed by atoms with Crippen LogP contribution in [-0.4, -0.2) is 66.2 Å². The van der Waals surface area contributed by atoms with Gasteiger partial charge in [-0.2, -0.15) is 0 Å². The lowest BCUT2D eigenvalue weighted by atomic mass is 9.93. The van der Waals surface area contributed by atoms with Crippen LogP contribution in [0.4, 0.5) is 0 Å². The molecule has 0 saturated carbocycles. The molecule has 0 radical (unpaired) electrons. The fourth-order valence-electron chi connectivity index (χ4n) is 4.36. The lowest BCUT2D eigenvalue weighted by Crippen LogP contribution is -2.60. The van der Waals surface area contributed by atoms with E-state index in [-0.39, 0.29) is 11.9 Å². The molecule has 1 N–H and O–H groups in total. The molecule has 0 aromatic heterocycles. The number of hydrogen-bond donors (Lipinski definition) is 1. The van der Waals surface area contributed by atoms with Crippen LogP contribution in [0.5, 0.6) is 0 Å². The molecule has 0 aliphatic carbocycles. The zero-order chi connectivity index (χ0) is 20.8. The molecule has 2 aliphatic heterocycles. The number of rotatable bonds is 5. The zero-order valence-electron chi connectivity index (χ0n) is 17.0. The number of thioether (sulfide) groups is 1. The predicted octanol–water partition coefficient (Wildman–Crippen LogP) is 3.39. The zero-order valence-corrected chi connectivity index (χ0v) is 18.6. The maximum Gasteiger partial charge on any atom is 0.234 e. The van der Waals surface area contributed by atoms with Gasteiger partial charge in [0.1, 0.15) is 12.6 Å². The Morgan fingerprint density at radius 2 is 1.73 bits per heavy atom. The predicted molar refractivity (Wildman–Crippen MR) is 124 cm³/mol. The van der Waals surface area contributed by atoms with E-state index in [4.69, 9.17) is 11.6 Å². The minimum absolute atomic E-state index is 0.198. The molecule has 2 fully saturated rings. The van der Waals surface area contributed by atoms with Crippen molar-refractivity contribution in [1.29, 1.82) is 0 Å². The molecule has 156 valence electrons. The number of benzene rings is 2.